The molecule has 0 unspecified atom stereocenters. The summed E-state index contributed by atoms with van der Waals surface area (Å²) in [5.41, 5.74) is 0.434. The summed E-state index contributed by atoms with van der Waals surface area (Å²) in [5.74, 6) is -0.292. The van der Waals surface area contributed by atoms with Gasteiger partial charge in [0, 0.05) is 0 Å². The fraction of sp³-hybridized carbons (Fsp3) is 0.400. The molecule has 0 amide bonds. The highest BCUT2D eigenvalue weighted by Crippen LogP contribution is 2.25. The maximum Gasteiger partial charge on any atom is 0.155 e. The third-order valence-corrected chi connectivity index (χ3v) is 4.28. The number of aromatic hydroxyl groups is 1. The van der Waals surface area contributed by atoms with Crippen LogP contribution in [0.5, 0.6) is 5.75 Å². The van der Waals surface area contributed by atoms with E-state index in [4.69, 9.17) is 0 Å². The first-order chi connectivity index (χ1) is 7.48. The van der Waals surface area contributed by atoms with Crippen LogP contribution in [0.4, 0.5) is 5.69 Å². The van der Waals surface area contributed by atoms with Gasteiger partial charge in [0.05, 0.1) is 29.3 Å². The highest BCUT2D eigenvalue weighted by molar-refractivity contribution is 7.91. The molecule has 88 valence electrons. The zero-order chi connectivity index (χ0) is 11.8. The Hall–Kier alpha value is -1.27. The molecule has 2 atom stereocenters. The number of hydrogen-bond acceptors (Lipinski definition) is 5. The van der Waals surface area contributed by atoms with Gasteiger partial charge in [-0.2, -0.15) is 0 Å². The molecule has 0 radical (unpaired) electrons. The van der Waals surface area contributed by atoms with E-state index in [2.05, 4.69) is 5.32 Å². The summed E-state index contributed by atoms with van der Waals surface area (Å²) in [6.45, 7) is 0. The van der Waals surface area contributed by atoms with Gasteiger partial charge in [0.2, 0.25) is 0 Å². The first kappa shape index (κ1) is 11.2. The molecule has 0 bridgehead atoms. The van der Waals surface area contributed by atoms with Crippen molar-refractivity contribution in [2.75, 3.05) is 16.8 Å². The number of aliphatic hydroxyl groups excluding tert-OH is 1. The highest BCUT2D eigenvalue weighted by atomic mass is 32.2. The Kier molecular flexibility index (Phi) is 2.77. The summed E-state index contributed by atoms with van der Waals surface area (Å²) in [6.07, 6.45) is -0.926. The molecule has 0 spiro atoms. The van der Waals surface area contributed by atoms with Gasteiger partial charge in [-0.3, -0.25) is 0 Å². The summed E-state index contributed by atoms with van der Waals surface area (Å²) in [6, 6.07) is 5.96. The molecule has 2 rings (SSSR count). The summed E-state index contributed by atoms with van der Waals surface area (Å²) in [7, 11) is -3.17. The van der Waals surface area contributed by atoms with Crippen molar-refractivity contribution in [1.82, 2.24) is 0 Å². The van der Waals surface area contributed by atoms with E-state index in [0.29, 0.717) is 5.69 Å². The number of benzene rings is 1. The standard InChI is InChI=1S/C10H13NO4S/c12-9-4-2-1-3-7(9)11-8-5-16(14,15)6-10(8)13/h1-4,8,10-13H,5-6H2/t8-,10+/m0/s1. The SMILES string of the molecule is O=S1(=O)C[C@@H](O)[C@@H](Nc2ccccc2O)C1. The molecule has 16 heavy (non-hydrogen) atoms. The van der Waals surface area contributed by atoms with Crippen LogP contribution < -0.4 is 5.32 Å². The Labute approximate surface area is 93.6 Å². The van der Waals surface area contributed by atoms with Crippen molar-refractivity contribution in [3.63, 3.8) is 0 Å². The lowest BCUT2D eigenvalue weighted by Gasteiger charge is -2.16. The van der Waals surface area contributed by atoms with Crippen LogP contribution in [0.1, 0.15) is 0 Å². The van der Waals surface area contributed by atoms with Crippen molar-refractivity contribution in [3.8, 4) is 5.75 Å². The average Bonchev–Trinajstić information content (AvgIpc) is 2.44. The second-order valence-electron chi connectivity index (χ2n) is 3.91. The number of phenolic OH excluding ortho intramolecular Hbond substituents is 1. The molecular formula is C10H13NO4S. The van der Waals surface area contributed by atoms with Gasteiger partial charge < -0.3 is 15.5 Å². The van der Waals surface area contributed by atoms with Crippen LogP contribution in [-0.4, -0.2) is 42.3 Å². The van der Waals surface area contributed by atoms with E-state index >= 15 is 0 Å². The van der Waals surface area contributed by atoms with Crippen molar-refractivity contribution >= 4 is 15.5 Å². The molecule has 5 nitrogen and oxygen atoms in total. The van der Waals surface area contributed by atoms with Crippen LogP contribution in [0.3, 0.4) is 0 Å². The second kappa shape index (κ2) is 3.95. The fourth-order valence-corrected chi connectivity index (χ4v) is 3.50. The molecule has 6 heteroatoms. The van der Waals surface area contributed by atoms with Crippen molar-refractivity contribution in [3.05, 3.63) is 24.3 Å². The van der Waals surface area contributed by atoms with Gasteiger partial charge in [0.1, 0.15) is 5.75 Å². The van der Waals surface area contributed by atoms with E-state index in [0.717, 1.165) is 0 Å². The number of phenols is 1. The lowest BCUT2D eigenvalue weighted by atomic mass is 10.2. The largest absolute Gasteiger partial charge is 0.506 e. The number of para-hydroxylation sites is 2. The minimum atomic E-state index is -3.17. The van der Waals surface area contributed by atoms with E-state index < -0.39 is 22.0 Å². The molecule has 1 saturated heterocycles. The minimum absolute atomic E-state index is 0.0407. The van der Waals surface area contributed by atoms with E-state index in [1.807, 2.05) is 0 Å². The van der Waals surface area contributed by atoms with Gasteiger partial charge in [0.15, 0.2) is 9.84 Å². The van der Waals surface area contributed by atoms with Crippen molar-refractivity contribution in [1.29, 1.82) is 0 Å². The molecule has 1 aromatic rings. The first-order valence-corrected chi connectivity index (χ1v) is 6.73. The fourth-order valence-electron chi connectivity index (χ4n) is 1.76. The van der Waals surface area contributed by atoms with Gasteiger partial charge in [-0.25, -0.2) is 8.42 Å². The average molecular weight is 243 g/mol. The Bertz CT molecular complexity index is 485. The Morgan fingerprint density at radius 2 is 1.94 bits per heavy atom. The van der Waals surface area contributed by atoms with Gasteiger partial charge in [-0.1, -0.05) is 12.1 Å². The summed E-state index contributed by atoms with van der Waals surface area (Å²) >= 11 is 0. The zero-order valence-electron chi connectivity index (χ0n) is 8.50. The van der Waals surface area contributed by atoms with Crippen molar-refractivity contribution in [2.45, 2.75) is 12.1 Å². The molecule has 1 aromatic carbocycles. The van der Waals surface area contributed by atoms with Gasteiger partial charge in [-0.15, -0.1) is 0 Å². The van der Waals surface area contributed by atoms with Crippen LogP contribution in [0.25, 0.3) is 0 Å². The van der Waals surface area contributed by atoms with Crippen LogP contribution in [0, 0.1) is 0 Å². The molecular weight excluding hydrogens is 230 g/mol. The number of aliphatic hydroxyl groups is 1. The van der Waals surface area contributed by atoms with Crippen LogP contribution in [0.2, 0.25) is 0 Å². The van der Waals surface area contributed by atoms with E-state index in [9.17, 15) is 18.6 Å². The lowest BCUT2D eigenvalue weighted by molar-refractivity contribution is 0.190. The molecule has 0 saturated carbocycles. The first-order valence-electron chi connectivity index (χ1n) is 4.91. The monoisotopic (exact) mass is 243 g/mol. The predicted octanol–water partition coefficient (Wildman–Crippen LogP) is -0.0380. The molecule has 1 fully saturated rings. The molecule has 0 aromatic heterocycles. The zero-order valence-corrected chi connectivity index (χ0v) is 9.31. The van der Waals surface area contributed by atoms with E-state index in [-0.39, 0.29) is 17.3 Å². The highest BCUT2D eigenvalue weighted by Gasteiger charge is 2.36. The molecule has 1 aliphatic heterocycles. The van der Waals surface area contributed by atoms with Gasteiger partial charge >= 0.3 is 0 Å². The Morgan fingerprint density at radius 1 is 1.25 bits per heavy atom. The number of rotatable bonds is 2. The summed E-state index contributed by atoms with van der Waals surface area (Å²) in [4.78, 5) is 0. The molecule has 0 aliphatic carbocycles. The third kappa shape index (κ3) is 2.28. The normalized spacial score (nSPS) is 27.8. The van der Waals surface area contributed by atoms with E-state index in [1.54, 1.807) is 18.2 Å². The van der Waals surface area contributed by atoms with Crippen molar-refractivity contribution < 1.29 is 18.6 Å². The smallest absolute Gasteiger partial charge is 0.155 e. The number of anilines is 1. The van der Waals surface area contributed by atoms with Gasteiger partial charge in [-0.05, 0) is 12.1 Å². The molecule has 3 N–H and O–H groups in total. The summed E-state index contributed by atoms with van der Waals surface area (Å²) < 4.78 is 22.5. The third-order valence-electron chi connectivity index (χ3n) is 2.57. The quantitative estimate of drug-likeness (QED) is 0.635. The summed E-state index contributed by atoms with van der Waals surface area (Å²) in [5, 5.41) is 21.9. The topological polar surface area (TPSA) is 86.6 Å². The van der Waals surface area contributed by atoms with Crippen LogP contribution in [0.15, 0.2) is 24.3 Å². The minimum Gasteiger partial charge on any atom is -0.506 e. The molecule has 1 aliphatic rings. The number of hydrogen-bond donors (Lipinski definition) is 3. The maximum atomic E-state index is 11.3. The lowest BCUT2D eigenvalue weighted by Crippen LogP contribution is -2.31. The van der Waals surface area contributed by atoms with Crippen LogP contribution in [-0.2, 0) is 9.84 Å². The van der Waals surface area contributed by atoms with Gasteiger partial charge in [0.25, 0.3) is 0 Å². The molecule has 1 heterocycles. The Balaban J connectivity index is 2.15. The predicted molar refractivity (Wildman–Crippen MR) is 60.2 cm³/mol. The Morgan fingerprint density at radius 3 is 2.50 bits per heavy atom. The van der Waals surface area contributed by atoms with Crippen LogP contribution >= 0.6 is 0 Å². The maximum absolute atomic E-state index is 11.3. The number of sulfone groups is 1. The second-order valence-corrected chi connectivity index (χ2v) is 6.07. The van der Waals surface area contributed by atoms with Crippen molar-refractivity contribution in [2.24, 2.45) is 0 Å². The number of nitrogens with one attached hydrogen (secondary N) is 1. The van der Waals surface area contributed by atoms with E-state index in [1.165, 1.54) is 6.07 Å².